The summed E-state index contributed by atoms with van der Waals surface area (Å²) in [5.74, 6) is -1.31. The van der Waals surface area contributed by atoms with Gasteiger partial charge in [0.15, 0.2) is 0 Å². The van der Waals surface area contributed by atoms with E-state index in [0.29, 0.717) is 5.75 Å². The quantitative estimate of drug-likeness (QED) is 0.629. The largest absolute Gasteiger partial charge is 0.480 e. The highest BCUT2D eigenvalue weighted by Crippen LogP contribution is 2.30. The number of aliphatic carboxylic acids is 1. The first-order valence-corrected chi connectivity index (χ1v) is 6.46. The number of aromatic amines is 1. The summed E-state index contributed by atoms with van der Waals surface area (Å²) < 4.78 is 0. The number of hydrogen-bond acceptors (Lipinski definition) is 5. The summed E-state index contributed by atoms with van der Waals surface area (Å²) in [5, 5.41) is 19.3. The Hall–Kier alpha value is -2.03. The molecular formula is C10H11N3O5S. The summed E-state index contributed by atoms with van der Waals surface area (Å²) in [5.41, 5.74) is -0.206. The highest BCUT2D eigenvalue weighted by atomic mass is 32.2. The van der Waals surface area contributed by atoms with E-state index in [1.165, 1.54) is 16.7 Å². The number of nitrogens with zero attached hydrogens (tertiary/aromatic N) is 2. The van der Waals surface area contributed by atoms with Gasteiger partial charge < -0.3 is 15.0 Å². The lowest BCUT2D eigenvalue weighted by Gasteiger charge is -2.24. The molecule has 0 aliphatic carbocycles. The van der Waals surface area contributed by atoms with Crippen LogP contribution in [0.1, 0.15) is 17.4 Å². The van der Waals surface area contributed by atoms with Crippen LogP contribution in [0.3, 0.4) is 0 Å². The van der Waals surface area contributed by atoms with Crippen LogP contribution in [0.25, 0.3) is 0 Å². The molecule has 2 rings (SSSR count). The first kappa shape index (κ1) is 13.4. The van der Waals surface area contributed by atoms with E-state index < -0.39 is 22.8 Å². The number of carboxylic acids is 1. The minimum Gasteiger partial charge on any atom is -0.480 e. The molecule has 0 bridgehead atoms. The number of H-pyrrole nitrogens is 1. The molecule has 102 valence electrons. The van der Waals surface area contributed by atoms with Crippen LogP contribution in [-0.4, -0.2) is 49.0 Å². The second-order valence-corrected chi connectivity index (χ2v) is 5.38. The van der Waals surface area contributed by atoms with Crippen LogP contribution in [0.2, 0.25) is 0 Å². The van der Waals surface area contributed by atoms with Crippen LogP contribution in [0.4, 0.5) is 5.69 Å². The summed E-state index contributed by atoms with van der Waals surface area (Å²) in [4.78, 5) is 37.0. The second kappa shape index (κ2) is 4.92. The molecule has 2 N–H and O–H groups in total. The number of rotatable bonds is 3. The van der Waals surface area contributed by atoms with Crippen LogP contribution in [0.5, 0.6) is 0 Å². The maximum absolute atomic E-state index is 12.2. The van der Waals surface area contributed by atoms with E-state index in [1.54, 1.807) is 6.92 Å². The second-order valence-electron chi connectivity index (χ2n) is 4.03. The Kier molecular flexibility index (Phi) is 3.47. The Bertz CT molecular complexity index is 543. The topological polar surface area (TPSA) is 117 Å². The molecule has 0 radical (unpaired) electrons. The number of carbonyl (C=O) groups excluding carboxylic acids is 1. The van der Waals surface area contributed by atoms with Crippen LogP contribution in [0.15, 0.2) is 12.3 Å². The molecule has 2 heterocycles. The van der Waals surface area contributed by atoms with E-state index >= 15 is 0 Å². The van der Waals surface area contributed by atoms with Gasteiger partial charge in [0.25, 0.3) is 11.6 Å². The van der Waals surface area contributed by atoms with E-state index in [4.69, 9.17) is 5.11 Å². The first-order valence-electron chi connectivity index (χ1n) is 5.41. The van der Waals surface area contributed by atoms with E-state index in [1.807, 2.05) is 0 Å². The van der Waals surface area contributed by atoms with Gasteiger partial charge in [0.1, 0.15) is 11.7 Å². The van der Waals surface area contributed by atoms with Gasteiger partial charge in [-0.15, -0.1) is 11.8 Å². The molecule has 1 aromatic heterocycles. The van der Waals surface area contributed by atoms with E-state index in [0.717, 1.165) is 12.3 Å². The van der Waals surface area contributed by atoms with Crippen molar-refractivity contribution < 1.29 is 19.6 Å². The summed E-state index contributed by atoms with van der Waals surface area (Å²) in [6.45, 7) is 1.73. The average Bonchev–Trinajstić information content (AvgIpc) is 2.94. The van der Waals surface area contributed by atoms with E-state index in [-0.39, 0.29) is 16.8 Å². The number of amides is 1. The fourth-order valence-electron chi connectivity index (χ4n) is 1.89. The monoisotopic (exact) mass is 285 g/mol. The Morgan fingerprint density at radius 2 is 2.32 bits per heavy atom. The molecule has 8 nitrogen and oxygen atoms in total. The Morgan fingerprint density at radius 3 is 2.84 bits per heavy atom. The summed E-state index contributed by atoms with van der Waals surface area (Å²) in [7, 11) is 0. The number of hydrogen-bond donors (Lipinski definition) is 2. The van der Waals surface area contributed by atoms with Crippen molar-refractivity contribution in [3.63, 3.8) is 0 Å². The standard InChI is InChI=1S/C10H11N3O5S/c1-5-12(8(4-19-5)10(15)16)9(14)7-2-6(3-11-7)13(17)18/h2-3,5,8,11H,4H2,1H3,(H,15,16). The Balaban J connectivity index is 2.26. The zero-order valence-electron chi connectivity index (χ0n) is 9.90. The van der Waals surface area contributed by atoms with Crippen molar-refractivity contribution in [2.75, 3.05) is 5.75 Å². The molecule has 1 amide bonds. The molecule has 0 aromatic carbocycles. The predicted octanol–water partition coefficient (Wildman–Crippen LogP) is 0.911. The fraction of sp³-hybridized carbons (Fsp3) is 0.400. The lowest BCUT2D eigenvalue weighted by molar-refractivity contribution is -0.384. The van der Waals surface area contributed by atoms with E-state index in [2.05, 4.69) is 4.98 Å². The number of thioether (sulfide) groups is 1. The maximum Gasteiger partial charge on any atom is 0.327 e. The smallest absolute Gasteiger partial charge is 0.327 e. The molecule has 2 atom stereocenters. The van der Waals surface area contributed by atoms with Gasteiger partial charge in [0.05, 0.1) is 16.5 Å². The summed E-state index contributed by atoms with van der Waals surface area (Å²) in [6, 6.07) is 0.201. The van der Waals surface area contributed by atoms with Gasteiger partial charge >= 0.3 is 5.97 Å². The molecule has 1 saturated heterocycles. The molecule has 0 spiro atoms. The van der Waals surface area contributed by atoms with Crippen molar-refractivity contribution in [3.8, 4) is 0 Å². The number of aromatic nitrogens is 1. The number of carbonyl (C=O) groups is 2. The molecular weight excluding hydrogens is 274 g/mol. The number of nitrogens with one attached hydrogen (secondary N) is 1. The van der Waals surface area contributed by atoms with Crippen LogP contribution < -0.4 is 0 Å². The van der Waals surface area contributed by atoms with Gasteiger partial charge in [-0.2, -0.15) is 0 Å². The van der Waals surface area contributed by atoms with Crippen molar-refractivity contribution >= 4 is 29.3 Å². The maximum atomic E-state index is 12.2. The lowest BCUT2D eigenvalue weighted by atomic mass is 10.2. The number of nitro groups is 1. The fourth-order valence-corrected chi connectivity index (χ4v) is 3.06. The van der Waals surface area contributed by atoms with Gasteiger partial charge in [-0.05, 0) is 6.92 Å². The SMILES string of the molecule is CC1SCC(C(=O)O)N1C(=O)c1cc([N+](=O)[O-])c[nH]1. The number of carboxylic acid groups (broad SMARTS) is 1. The van der Waals surface area contributed by atoms with Crippen molar-refractivity contribution in [2.24, 2.45) is 0 Å². The van der Waals surface area contributed by atoms with Crippen LogP contribution in [-0.2, 0) is 4.79 Å². The molecule has 0 saturated carbocycles. The molecule has 1 aromatic rings. The highest BCUT2D eigenvalue weighted by Gasteiger charge is 2.40. The molecule has 1 aliphatic heterocycles. The Morgan fingerprint density at radius 1 is 1.63 bits per heavy atom. The van der Waals surface area contributed by atoms with Gasteiger partial charge in [-0.1, -0.05) is 0 Å². The molecule has 2 unspecified atom stereocenters. The minimum atomic E-state index is -1.08. The van der Waals surface area contributed by atoms with Gasteiger partial charge in [-0.3, -0.25) is 14.9 Å². The van der Waals surface area contributed by atoms with E-state index in [9.17, 15) is 19.7 Å². The lowest BCUT2D eigenvalue weighted by Crippen LogP contribution is -2.44. The zero-order valence-corrected chi connectivity index (χ0v) is 10.7. The van der Waals surface area contributed by atoms with Crippen molar-refractivity contribution in [3.05, 3.63) is 28.1 Å². The Labute approximate surface area is 111 Å². The summed E-state index contributed by atoms with van der Waals surface area (Å²) >= 11 is 1.35. The predicted molar refractivity (Wildman–Crippen MR) is 67.0 cm³/mol. The third kappa shape index (κ3) is 2.41. The van der Waals surface area contributed by atoms with Gasteiger partial charge in [0, 0.05) is 11.8 Å². The highest BCUT2D eigenvalue weighted by molar-refractivity contribution is 8.00. The normalized spacial score (nSPS) is 22.5. The van der Waals surface area contributed by atoms with Crippen LogP contribution >= 0.6 is 11.8 Å². The van der Waals surface area contributed by atoms with Crippen molar-refractivity contribution in [1.29, 1.82) is 0 Å². The van der Waals surface area contributed by atoms with Crippen molar-refractivity contribution in [2.45, 2.75) is 18.3 Å². The molecule has 19 heavy (non-hydrogen) atoms. The third-order valence-electron chi connectivity index (χ3n) is 2.85. The van der Waals surface area contributed by atoms with Gasteiger partial charge in [0.2, 0.25) is 0 Å². The van der Waals surface area contributed by atoms with Gasteiger partial charge in [-0.25, -0.2) is 4.79 Å². The first-order chi connectivity index (χ1) is 8.91. The molecule has 1 fully saturated rings. The van der Waals surface area contributed by atoms with Crippen LogP contribution in [0, 0.1) is 10.1 Å². The summed E-state index contributed by atoms with van der Waals surface area (Å²) in [6.07, 6.45) is 1.11. The van der Waals surface area contributed by atoms with Crippen molar-refractivity contribution in [1.82, 2.24) is 9.88 Å². The third-order valence-corrected chi connectivity index (χ3v) is 4.07. The molecule has 1 aliphatic rings. The average molecular weight is 285 g/mol. The molecule has 9 heteroatoms. The zero-order chi connectivity index (χ0) is 14.2. The minimum absolute atomic E-state index is 0.0206.